The molecule has 1 saturated heterocycles. The molecule has 0 radical (unpaired) electrons. The molecular weight excluding hydrogens is 252 g/mol. The van der Waals surface area contributed by atoms with Crippen molar-refractivity contribution in [2.45, 2.75) is 12.8 Å². The topological polar surface area (TPSA) is 59.6 Å². The second-order valence-corrected chi connectivity index (χ2v) is 4.53. The van der Waals surface area contributed by atoms with E-state index < -0.39 is 11.6 Å². The predicted molar refractivity (Wildman–Crippen MR) is 70.0 cm³/mol. The highest BCUT2D eigenvalue weighted by atomic mass is 19.1. The third kappa shape index (κ3) is 4.17. The zero-order valence-corrected chi connectivity index (χ0v) is 10.5. The molecule has 19 heavy (non-hydrogen) atoms. The van der Waals surface area contributed by atoms with Gasteiger partial charge >= 0.3 is 0 Å². The van der Waals surface area contributed by atoms with Gasteiger partial charge in [-0.2, -0.15) is 0 Å². The molecule has 104 valence electrons. The van der Waals surface area contributed by atoms with Gasteiger partial charge in [-0.05, 0) is 30.9 Å². The SMILES string of the molecule is NC(=NCCC1CCOC1)Nc1cc(F)ccc1F. The molecule has 1 atom stereocenters. The molecule has 1 aromatic carbocycles. The second-order valence-electron chi connectivity index (χ2n) is 4.53. The summed E-state index contributed by atoms with van der Waals surface area (Å²) in [6, 6.07) is 3.14. The maximum atomic E-state index is 13.3. The van der Waals surface area contributed by atoms with Crippen LogP contribution in [-0.2, 0) is 4.74 Å². The Morgan fingerprint density at radius 3 is 3.05 bits per heavy atom. The Morgan fingerprint density at radius 1 is 1.47 bits per heavy atom. The molecular formula is C13H17F2N3O. The molecule has 1 aliphatic rings. The summed E-state index contributed by atoms with van der Waals surface area (Å²) in [6.07, 6.45) is 1.93. The van der Waals surface area contributed by atoms with Crippen LogP contribution in [0.3, 0.4) is 0 Å². The lowest BCUT2D eigenvalue weighted by atomic mass is 10.1. The normalized spacial score (nSPS) is 19.7. The number of guanidine groups is 1. The summed E-state index contributed by atoms with van der Waals surface area (Å²) in [5.41, 5.74) is 5.62. The van der Waals surface area contributed by atoms with E-state index in [0.29, 0.717) is 12.5 Å². The molecule has 1 aliphatic heterocycles. The summed E-state index contributed by atoms with van der Waals surface area (Å²) in [6.45, 7) is 2.11. The summed E-state index contributed by atoms with van der Waals surface area (Å²) in [7, 11) is 0. The number of anilines is 1. The molecule has 3 N–H and O–H groups in total. The van der Waals surface area contributed by atoms with E-state index in [0.717, 1.165) is 44.3 Å². The fraction of sp³-hybridized carbons (Fsp3) is 0.462. The molecule has 1 heterocycles. The van der Waals surface area contributed by atoms with E-state index >= 15 is 0 Å². The Bertz CT molecular complexity index is 459. The highest BCUT2D eigenvalue weighted by molar-refractivity contribution is 5.92. The molecule has 1 fully saturated rings. The zero-order chi connectivity index (χ0) is 13.7. The van der Waals surface area contributed by atoms with Crippen LogP contribution in [0.25, 0.3) is 0 Å². The number of halogens is 2. The van der Waals surface area contributed by atoms with Gasteiger partial charge in [0.05, 0.1) is 5.69 Å². The first kappa shape index (κ1) is 13.7. The van der Waals surface area contributed by atoms with Crippen LogP contribution in [0.1, 0.15) is 12.8 Å². The zero-order valence-electron chi connectivity index (χ0n) is 10.5. The molecule has 1 aromatic rings. The Kier molecular flexibility index (Phi) is 4.68. The molecule has 2 rings (SSSR count). The van der Waals surface area contributed by atoms with E-state index in [4.69, 9.17) is 10.5 Å². The van der Waals surface area contributed by atoms with Crippen molar-refractivity contribution in [2.75, 3.05) is 25.1 Å². The lowest BCUT2D eigenvalue weighted by Gasteiger charge is -2.08. The van der Waals surface area contributed by atoms with Gasteiger partial charge in [0.1, 0.15) is 11.6 Å². The van der Waals surface area contributed by atoms with Crippen LogP contribution < -0.4 is 11.1 Å². The van der Waals surface area contributed by atoms with Crippen molar-refractivity contribution in [1.29, 1.82) is 0 Å². The van der Waals surface area contributed by atoms with E-state index in [1.54, 1.807) is 0 Å². The van der Waals surface area contributed by atoms with Gasteiger partial charge in [0.2, 0.25) is 0 Å². The summed E-state index contributed by atoms with van der Waals surface area (Å²) >= 11 is 0. The molecule has 4 nitrogen and oxygen atoms in total. The number of nitrogens with one attached hydrogen (secondary N) is 1. The minimum Gasteiger partial charge on any atom is -0.381 e. The Balaban J connectivity index is 1.85. The van der Waals surface area contributed by atoms with Crippen molar-refractivity contribution in [3.05, 3.63) is 29.8 Å². The summed E-state index contributed by atoms with van der Waals surface area (Å²) < 4.78 is 31.5. The Morgan fingerprint density at radius 2 is 2.32 bits per heavy atom. The first-order valence-corrected chi connectivity index (χ1v) is 6.25. The molecule has 0 aliphatic carbocycles. The standard InChI is InChI=1S/C13H17F2N3O/c14-10-1-2-11(15)12(7-10)18-13(16)17-5-3-9-4-6-19-8-9/h1-2,7,9H,3-6,8H2,(H3,16,17,18). The monoisotopic (exact) mass is 269 g/mol. The van der Waals surface area contributed by atoms with Crippen molar-refractivity contribution < 1.29 is 13.5 Å². The molecule has 1 unspecified atom stereocenters. The molecule has 0 bridgehead atoms. The lowest BCUT2D eigenvalue weighted by molar-refractivity contribution is 0.184. The molecule has 0 amide bonds. The van der Waals surface area contributed by atoms with Crippen molar-refractivity contribution >= 4 is 11.6 Å². The van der Waals surface area contributed by atoms with Crippen LogP contribution in [0, 0.1) is 17.6 Å². The Labute approximate surface area is 110 Å². The van der Waals surface area contributed by atoms with Gasteiger partial charge in [-0.25, -0.2) is 8.78 Å². The highest BCUT2D eigenvalue weighted by Gasteiger charge is 2.14. The van der Waals surface area contributed by atoms with Gasteiger partial charge in [0.25, 0.3) is 0 Å². The number of benzene rings is 1. The van der Waals surface area contributed by atoms with Gasteiger partial charge in [-0.1, -0.05) is 0 Å². The van der Waals surface area contributed by atoms with E-state index in [9.17, 15) is 8.78 Å². The van der Waals surface area contributed by atoms with Crippen molar-refractivity contribution in [1.82, 2.24) is 0 Å². The number of ether oxygens (including phenoxy) is 1. The number of hydrogen-bond acceptors (Lipinski definition) is 2. The fourth-order valence-corrected chi connectivity index (χ4v) is 1.95. The smallest absolute Gasteiger partial charge is 0.193 e. The van der Waals surface area contributed by atoms with E-state index in [1.807, 2.05) is 0 Å². The van der Waals surface area contributed by atoms with Crippen LogP contribution in [0.15, 0.2) is 23.2 Å². The van der Waals surface area contributed by atoms with Gasteiger partial charge in [-0.3, -0.25) is 4.99 Å². The minimum absolute atomic E-state index is 0.00884. The van der Waals surface area contributed by atoms with Gasteiger partial charge in [-0.15, -0.1) is 0 Å². The minimum atomic E-state index is -0.566. The second kappa shape index (κ2) is 6.47. The number of nitrogens with zero attached hydrogens (tertiary/aromatic N) is 1. The quantitative estimate of drug-likeness (QED) is 0.650. The lowest BCUT2D eigenvalue weighted by Crippen LogP contribution is -2.23. The van der Waals surface area contributed by atoms with Crippen molar-refractivity contribution in [3.63, 3.8) is 0 Å². The Hall–Kier alpha value is -1.69. The number of nitrogens with two attached hydrogens (primary N) is 1. The molecule has 6 heteroatoms. The maximum absolute atomic E-state index is 13.3. The largest absolute Gasteiger partial charge is 0.381 e. The van der Waals surface area contributed by atoms with Crippen LogP contribution in [0.5, 0.6) is 0 Å². The average molecular weight is 269 g/mol. The van der Waals surface area contributed by atoms with Crippen LogP contribution in [-0.4, -0.2) is 25.7 Å². The molecule has 0 aromatic heterocycles. The number of aliphatic imine (C=N–C) groups is 1. The molecule has 0 spiro atoms. The van der Waals surface area contributed by atoms with Crippen molar-refractivity contribution in [2.24, 2.45) is 16.6 Å². The summed E-state index contributed by atoms with van der Waals surface area (Å²) in [5, 5.41) is 2.56. The summed E-state index contributed by atoms with van der Waals surface area (Å²) in [4.78, 5) is 4.09. The van der Waals surface area contributed by atoms with E-state index in [-0.39, 0.29) is 11.6 Å². The van der Waals surface area contributed by atoms with Gasteiger partial charge in [0.15, 0.2) is 5.96 Å². The maximum Gasteiger partial charge on any atom is 0.193 e. The third-order valence-electron chi connectivity index (χ3n) is 3.03. The number of rotatable bonds is 4. The number of hydrogen-bond donors (Lipinski definition) is 2. The van der Waals surface area contributed by atoms with E-state index in [2.05, 4.69) is 10.3 Å². The van der Waals surface area contributed by atoms with Crippen molar-refractivity contribution in [3.8, 4) is 0 Å². The first-order valence-electron chi connectivity index (χ1n) is 6.25. The average Bonchev–Trinajstić information content (AvgIpc) is 2.87. The van der Waals surface area contributed by atoms with Gasteiger partial charge in [0, 0.05) is 25.8 Å². The molecule has 0 saturated carbocycles. The fourth-order valence-electron chi connectivity index (χ4n) is 1.95. The highest BCUT2D eigenvalue weighted by Crippen LogP contribution is 2.16. The van der Waals surface area contributed by atoms with Crippen LogP contribution in [0.2, 0.25) is 0 Å². The van der Waals surface area contributed by atoms with Crippen LogP contribution in [0.4, 0.5) is 14.5 Å². The summed E-state index contributed by atoms with van der Waals surface area (Å²) in [5.74, 6) is -0.491. The van der Waals surface area contributed by atoms with Crippen LogP contribution >= 0.6 is 0 Å². The predicted octanol–water partition coefficient (Wildman–Crippen LogP) is 2.12. The van der Waals surface area contributed by atoms with Gasteiger partial charge < -0.3 is 15.8 Å². The van der Waals surface area contributed by atoms with E-state index in [1.165, 1.54) is 0 Å². The first-order chi connectivity index (χ1) is 9.15. The third-order valence-corrected chi connectivity index (χ3v) is 3.03.